The minimum absolute atomic E-state index is 0.184. The van der Waals surface area contributed by atoms with E-state index in [4.69, 9.17) is 4.74 Å². The van der Waals surface area contributed by atoms with Crippen LogP contribution in [-0.4, -0.2) is 51.2 Å². The smallest absolute Gasteiger partial charge is 0.308 e. The van der Waals surface area contributed by atoms with Crippen molar-refractivity contribution in [1.82, 2.24) is 4.90 Å². The summed E-state index contributed by atoms with van der Waals surface area (Å²) < 4.78 is 9.62. The number of carbonyl (C=O) groups is 2. The summed E-state index contributed by atoms with van der Waals surface area (Å²) in [5.41, 5.74) is 0. The Hall–Kier alpha value is -1.10. The molecule has 0 N–H and O–H groups in total. The van der Waals surface area contributed by atoms with E-state index in [1.807, 2.05) is 6.92 Å². The predicted octanol–water partition coefficient (Wildman–Crippen LogP) is 0.680. The summed E-state index contributed by atoms with van der Waals surface area (Å²) in [6.07, 6.45) is 1.11. The van der Waals surface area contributed by atoms with Crippen LogP contribution in [0.15, 0.2) is 0 Å². The standard InChI is InChI=1S/C7H14O3.C3H7NO/c1-3-9-6-5-7(8)10-4-2;1-4(2)3-5/h3-6H2,1-2H3;3H,1-2H3. The highest BCUT2D eigenvalue weighted by molar-refractivity contribution is 5.69. The van der Waals surface area contributed by atoms with E-state index < -0.39 is 0 Å². The zero-order chi connectivity index (χ0) is 12.1. The van der Waals surface area contributed by atoms with Crippen LogP contribution in [0.2, 0.25) is 0 Å². The molecule has 0 radical (unpaired) electrons. The van der Waals surface area contributed by atoms with E-state index in [0.29, 0.717) is 26.2 Å². The quantitative estimate of drug-likeness (QED) is 0.374. The number of carbonyl (C=O) groups excluding carboxylic acids is 2. The molecule has 15 heavy (non-hydrogen) atoms. The van der Waals surface area contributed by atoms with Crippen molar-refractivity contribution in [3.63, 3.8) is 0 Å². The van der Waals surface area contributed by atoms with Crippen LogP contribution in [-0.2, 0) is 19.1 Å². The van der Waals surface area contributed by atoms with Crippen molar-refractivity contribution in [2.24, 2.45) is 0 Å². The first-order valence-corrected chi connectivity index (χ1v) is 4.93. The Balaban J connectivity index is 0. The van der Waals surface area contributed by atoms with Gasteiger partial charge in [0.05, 0.1) is 19.6 Å². The number of esters is 1. The topological polar surface area (TPSA) is 55.8 Å². The third kappa shape index (κ3) is 19.3. The van der Waals surface area contributed by atoms with Gasteiger partial charge in [0, 0.05) is 20.7 Å². The minimum atomic E-state index is -0.184. The summed E-state index contributed by atoms with van der Waals surface area (Å²) in [5.74, 6) is -0.184. The summed E-state index contributed by atoms with van der Waals surface area (Å²) in [7, 11) is 3.38. The molecule has 5 nitrogen and oxygen atoms in total. The molecule has 0 saturated heterocycles. The van der Waals surface area contributed by atoms with Crippen molar-refractivity contribution >= 4 is 12.4 Å². The number of hydrogen-bond acceptors (Lipinski definition) is 4. The van der Waals surface area contributed by atoms with Crippen molar-refractivity contribution in [1.29, 1.82) is 0 Å². The van der Waals surface area contributed by atoms with Gasteiger partial charge in [0.15, 0.2) is 0 Å². The molecule has 0 saturated carbocycles. The van der Waals surface area contributed by atoms with E-state index in [0.717, 1.165) is 6.41 Å². The molecular weight excluding hydrogens is 198 g/mol. The van der Waals surface area contributed by atoms with Gasteiger partial charge in [-0.25, -0.2) is 0 Å². The Morgan fingerprint density at radius 2 is 1.80 bits per heavy atom. The number of hydrogen-bond donors (Lipinski definition) is 0. The Morgan fingerprint density at radius 3 is 2.13 bits per heavy atom. The third-order valence-corrected chi connectivity index (χ3v) is 1.17. The zero-order valence-corrected chi connectivity index (χ0v) is 9.99. The molecule has 0 heterocycles. The lowest BCUT2D eigenvalue weighted by Gasteiger charge is -2.00. The number of ether oxygens (including phenoxy) is 2. The molecule has 0 bridgehead atoms. The van der Waals surface area contributed by atoms with Gasteiger partial charge in [0.25, 0.3) is 0 Å². The van der Waals surface area contributed by atoms with Crippen molar-refractivity contribution in [2.75, 3.05) is 33.9 Å². The second-order valence-electron chi connectivity index (χ2n) is 2.82. The van der Waals surface area contributed by atoms with E-state index in [1.54, 1.807) is 21.0 Å². The molecule has 5 heteroatoms. The second-order valence-corrected chi connectivity index (χ2v) is 2.82. The number of amides is 1. The van der Waals surface area contributed by atoms with Gasteiger partial charge < -0.3 is 14.4 Å². The molecule has 0 aliphatic rings. The maximum Gasteiger partial charge on any atom is 0.308 e. The summed E-state index contributed by atoms with van der Waals surface area (Å²) in [6.45, 7) is 5.25. The molecule has 0 spiro atoms. The summed E-state index contributed by atoms with van der Waals surface area (Å²) in [5, 5.41) is 0. The average Bonchev–Trinajstić information content (AvgIpc) is 2.19. The molecule has 1 amide bonds. The minimum Gasteiger partial charge on any atom is -0.466 e. The molecular formula is C10H21NO4. The highest BCUT2D eigenvalue weighted by Gasteiger charge is 1.98. The van der Waals surface area contributed by atoms with Crippen LogP contribution >= 0.6 is 0 Å². The van der Waals surface area contributed by atoms with Gasteiger partial charge in [0.2, 0.25) is 6.41 Å². The van der Waals surface area contributed by atoms with Gasteiger partial charge in [-0.15, -0.1) is 0 Å². The van der Waals surface area contributed by atoms with E-state index in [2.05, 4.69) is 4.74 Å². The molecule has 0 aromatic carbocycles. The van der Waals surface area contributed by atoms with Crippen LogP contribution in [0.1, 0.15) is 20.3 Å². The lowest BCUT2D eigenvalue weighted by atomic mass is 10.5. The van der Waals surface area contributed by atoms with Gasteiger partial charge in [-0.05, 0) is 13.8 Å². The molecule has 0 unspecified atom stereocenters. The largest absolute Gasteiger partial charge is 0.466 e. The Morgan fingerprint density at radius 1 is 1.27 bits per heavy atom. The fourth-order valence-corrected chi connectivity index (χ4v) is 0.533. The summed E-state index contributed by atoms with van der Waals surface area (Å²) in [6, 6.07) is 0. The molecule has 0 aliphatic heterocycles. The van der Waals surface area contributed by atoms with Gasteiger partial charge in [-0.1, -0.05) is 0 Å². The van der Waals surface area contributed by atoms with E-state index in [1.165, 1.54) is 4.90 Å². The Labute approximate surface area is 91.3 Å². The van der Waals surface area contributed by atoms with Crippen molar-refractivity contribution < 1.29 is 19.1 Å². The molecule has 0 aromatic rings. The van der Waals surface area contributed by atoms with Crippen molar-refractivity contribution in [3.05, 3.63) is 0 Å². The highest BCUT2D eigenvalue weighted by Crippen LogP contribution is 1.86. The zero-order valence-electron chi connectivity index (χ0n) is 9.99. The first-order valence-electron chi connectivity index (χ1n) is 4.93. The normalized spacial score (nSPS) is 8.53. The average molecular weight is 219 g/mol. The maximum absolute atomic E-state index is 10.6. The first-order chi connectivity index (χ1) is 7.08. The van der Waals surface area contributed by atoms with Crippen LogP contribution in [0.4, 0.5) is 0 Å². The fourth-order valence-electron chi connectivity index (χ4n) is 0.533. The van der Waals surface area contributed by atoms with Gasteiger partial charge in [-0.2, -0.15) is 0 Å². The van der Waals surface area contributed by atoms with Gasteiger partial charge in [0.1, 0.15) is 0 Å². The molecule has 0 aliphatic carbocycles. The van der Waals surface area contributed by atoms with Crippen molar-refractivity contribution in [3.8, 4) is 0 Å². The Bertz CT molecular complexity index is 160. The predicted molar refractivity (Wildman–Crippen MR) is 57.5 cm³/mol. The molecule has 0 atom stereocenters. The number of nitrogens with zero attached hydrogens (tertiary/aromatic N) is 1. The van der Waals surface area contributed by atoms with Crippen LogP contribution in [0.5, 0.6) is 0 Å². The fraction of sp³-hybridized carbons (Fsp3) is 0.800. The number of rotatable bonds is 6. The lowest BCUT2D eigenvalue weighted by molar-refractivity contribution is -0.144. The third-order valence-electron chi connectivity index (χ3n) is 1.17. The van der Waals surface area contributed by atoms with E-state index >= 15 is 0 Å². The first kappa shape index (κ1) is 16.3. The monoisotopic (exact) mass is 219 g/mol. The summed E-state index contributed by atoms with van der Waals surface area (Å²) >= 11 is 0. The molecule has 0 rings (SSSR count). The van der Waals surface area contributed by atoms with Crippen molar-refractivity contribution in [2.45, 2.75) is 20.3 Å². The Kier molecular flexibility index (Phi) is 14.0. The van der Waals surface area contributed by atoms with Crippen LogP contribution < -0.4 is 0 Å². The lowest BCUT2D eigenvalue weighted by Crippen LogP contribution is -2.07. The highest BCUT2D eigenvalue weighted by atomic mass is 16.5. The molecule has 0 aromatic heterocycles. The maximum atomic E-state index is 10.6. The van der Waals surface area contributed by atoms with Crippen LogP contribution in [0, 0.1) is 0 Å². The van der Waals surface area contributed by atoms with E-state index in [-0.39, 0.29) is 5.97 Å². The van der Waals surface area contributed by atoms with Gasteiger partial charge >= 0.3 is 5.97 Å². The molecule has 0 fully saturated rings. The SMILES string of the molecule is CCOCCC(=O)OCC.CN(C)C=O. The van der Waals surface area contributed by atoms with E-state index in [9.17, 15) is 9.59 Å². The summed E-state index contributed by atoms with van der Waals surface area (Å²) in [4.78, 5) is 21.5. The van der Waals surface area contributed by atoms with Crippen LogP contribution in [0.25, 0.3) is 0 Å². The molecule has 90 valence electrons. The second kappa shape index (κ2) is 12.9. The van der Waals surface area contributed by atoms with Gasteiger partial charge in [-0.3, -0.25) is 9.59 Å². The van der Waals surface area contributed by atoms with Crippen LogP contribution in [0.3, 0.4) is 0 Å².